The minimum atomic E-state index is -3.78. The maximum Gasteiger partial charge on any atom is 0.243 e. The number of aryl methyl sites for hydroxylation is 2. The Labute approximate surface area is 178 Å². The molecule has 1 aliphatic rings. The second-order valence-corrected chi connectivity index (χ2v) is 10.5. The summed E-state index contributed by atoms with van der Waals surface area (Å²) in [7, 11) is -3.78. The summed E-state index contributed by atoms with van der Waals surface area (Å²) in [6.45, 7) is 4.41. The summed E-state index contributed by atoms with van der Waals surface area (Å²) in [5.41, 5.74) is 3.02. The summed E-state index contributed by atoms with van der Waals surface area (Å²) >= 11 is 1.42. The van der Waals surface area contributed by atoms with Crippen LogP contribution in [-0.2, 0) is 14.8 Å². The van der Waals surface area contributed by atoms with Gasteiger partial charge in [-0.3, -0.25) is 4.79 Å². The molecule has 1 aliphatic heterocycles. The van der Waals surface area contributed by atoms with Crippen molar-refractivity contribution in [1.82, 2.24) is 9.29 Å². The molecule has 1 unspecified atom stereocenters. The van der Waals surface area contributed by atoms with Gasteiger partial charge < -0.3 is 5.32 Å². The molecule has 158 valence electrons. The number of halogens is 1. The van der Waals surface area contributed by atoms with Gasteiger partial charge in [0.1, 0.15) is 5.82 Å². The number of thiazole rings is 1. The number of hydrogen-bond donors (Lipinski definition) is 1. The molecule has 0 bridgehead atoms. The van der Waals surface area contributed by atoms with Crippen LogP contribution in [0, 0.1) is 25.6 Å². The molecule has 1 saturated heterocycles. The van der Waals surface area contributed by atoms with Crippen molar-refractivity contribution in [3.8, 4) is 0 Å². The molecule has 3 aromatic rings. The fourth-order valence-electron chi connectivity index (χ4n) is 3.65. The van der Waals surface area contributed by atoms with Gasteiger partial charge in [-0.2, -0.15) is 4.31 Å². The van der Waals surface area contributed by atoms with Gasteiger partial charge in [0.05, 0.1) is 21.0 Å². The second kappa shape index (κ2) is 8.05. The second-order valence-electron chi connectivity index (χ2n) is 7.54. The Balaban J connectivity index is 1.50. The minimum Gasteiger partial charge on any atom is -0.302 e. The first kappa shape index (κ1) is 20.9. The van der Waals surface area contributed by atoms with Crippen molar-refractivity contribution in [3.05, 3.63) is 53.3 Å². The van der Waals surface area contributed by atoms with Gasteiger partial charge >= 0.3 is 0 Å². The number of sulfonamides is 1. The van der Waals surface area contributed by atoms with E-state index >= 15 is 0 Å². The highest BCUT2D eigenvalue weighted by Gasteiger charge is 2.33. The molecule has 0 aliphatic carbocycles. The van der Waals surface area contributed by atoms with Gasteiger partial charge in [0.15, 0.2) is 5.13 Å². The smallest absolute Gasteiger partial charge is 0.243 e. The number of aromatic nitrogens is 1. The maximum atomic E-state index is 13.2. The van der Waals surface area contributed by atoms with E-state index in [1.165, 1.54) is 27.8 Å². The van der Waals surface area contributed by atoms with Crippen LogP contribution in [0.2, 0.25) is 0 Å². The lowest BCUT2D eigenvalue weighted by atomic mass is 9.99. The summed E-state index contributed by atoms with van der Waals surface area (Å²) in [6, 6.07) is 8.78. The number of hydrogen-bond acceptors (Lipinski definition) is 5. The van der Waals surface area contributed by atoms with Crippen molar-refractivity contribution in [2.75, 3.05) is 18.4 Å². The van der Waals surface area contributed by atoms with Crippen LogP contribution in [0.3, 0.4) is 0 Å². The van der Waals surface area contributed by atoms with Gasteiger partial charge in [-0.25, -0.2) is 17.8 Å². The zero-order valence-electron chi connectivity index (χ0n) is 16.7. The number of carbonyl (C=O) groups excluding carboxylic acids is 1. The van der Waals surface area contributed by atoms with E-state index in [-0.39, 0.29) is 17.3 Å². The quantitative estimate of drug-likeness (QED) is 0.653. The van der Waals surface area contributed by atoms with E-state index in [1.807, 2.05) is 26.0 Å². The third kappa shape index (κ3) is 3.97. The number of benzene rings is 2. The normalized spacial score (nSPS) is 17.9. The van der Waals surface area contributed by atoms with Crippen LogP contribution in [-0.4, -0.2) is 36.7 Å². The number of nitrogens with one attached hydrogen (secondary N) is 1. The standard InChI is InChI=1S/C21H22FN3O3S2/c1-13-5-6-14(2)19-18(13)23-21(29-19)24-20(26)15-4-3-11-25(12-15)30(27,28)17-9-7-16(22)8-10-17/h5-10,15H,3-4,11-12H2,1-2H3,(H,23,24,26). The summed E-state index contributed by atoms with van der Waals surface area (Å²) in [5.74, 6) is -1.20. The van der Waals surface area contributed by atoms with Crippen molar-refractivity contribution in [2.45, 2.75) is 31.6 Å². The number of carbonyl (C=O) groups is 1. The van der Waals surface area contributed by atoms with Crippen molar-refractivity contribution >= 4 is 42.6 Å². The largest absolute Gasteiger partial charge is 0.302 e. The van der Waals surface area contributed by atoms with Crippen LogP contribution >= 0.6 is 11.3 Å². The first-order valence-corrected chi connectivity index (χ1v) is 11.9. The third-order valence-corrected chi connectivity index (χ3v) is 8.36. The Morgan fingerprint density at radius 3 is 2.57 bits per heavy atom. The predicted octanol–water partition coefficient (Wildman–Crippen LogP) is 4.09. The lowest BCUT2D eigenvalue weighted by Crippen LogP contribution is -2.43. The van der Waals surface area contributed by atoms with E-state index in [1.54, 1.807) is 0 Å². The van der Waals surface area contributed by atoms with Crippen LogP contribution < -0.4 is 5.32 Å². The van der Waals surface area contributed by atoms with Gasteiger partial charge in [-0.15, -0.1) is 0 Å². The summed E-state index contributed by atoms with van der Waals surface area (Å²) < 4.78 is 41.3. The zero-order chi connectivity index (χ0) is 21.5. The van der Waals surface area contributed by atoms with Crippen molar-refractivity contribution in [2.24, 2.45) is 5.92 Å². The third-order valence-electron chi connectivity index (χ3n) is 5.38. The zero-order valence-corrected chi connectivity index (χ0v) is 18.3. The average molecular weight is 448 g/mol. The first-order chi connectivity index (χ1) is 14.3. The van der Waals surface area contributed by atoms with Crippen molar-refractivity contribution in [3.63, 3.8) is 0 Å². The summed E-state index contributed by atoms with van der Waals surface area (Å²) in [6.07, 6.45) is 1.18. The molecule has 1 fully saturated rings. The average Bonchev–Trinajstić information content (AvgIpc) is 3.16. The van der Waals surface area contributed by atoms with Crippen LogP contribution in [0.15, 0.2) is 41.3 Å². The van der Waals surface area contributed by atoms with Crippen LogP contribution in [0.5, 0.6) is 0 Å². The van der Waals surface area contributed by atoms with Gasteiger partial charge in [0, 0.05) is 13.1 Å². The fraction of sp³-hybridized carbons (Fsp3) is 0.333. The molecular formula is C21H22FN3O3S2. The minimum absolute atomic E-state index is 0.0297. The van der Waals surface area contributed by atoms with Crippen LogP contribution in [0.1, 0.15) is 24.0 Å². The molecule has 30 heavy (non-hydrogen) atoms. The van der Waals surface area contributed by atoms with E-state index in [0.29, 0.717) is 24.5 Å². The van der Waals surface area contributed by atoms with Crippen LogP contribution in [0.4, 0.5) is 9.52 Å². The van der Waals surface area contributed by atoms with Gasteiger partial charge in [-0.05, 0) is 62.1 Å². The molecule has 1 atom stereocenters. The lowest BCUT2D eigenvalue weighted by molar-refractivity contribution is -0.120. The van der Waals surface area contributed by atoms with Crippen LogP contribution in [0.25, 0.3) is 10.2 Å². The molecule has 1 aromatic heterocycles. The van der Waals surface area contributed by atoms with Crippen molar-refractivity contribution in [1.29, 1.82) is 0 Å². The summed E-state index contributed by atoms with van der Waals surface area (Å²) in [5, 5.41) is 3.39. The Morgan fingerprint density at radius 2 is 1.87 bits per heavy atom. The first-order valence-electron chi connectivity index (χ1n) is 9.69. The Bertz CT molecular complexity index is 1170. The number of amides is 1. The monoisotopic (exact) mass is 447 g/mol. The highest BCUT2D eigenvalue weighted by Crippen LogP contribution is 2.32. The van der Waals surface area contributed by atoms with E-state index in [4.69, 9.17) is 0 Å². The SMILES string of the molecule is Cc1ccc(C)c2sc(NC(=O)C3CCCN(S(=O)(=O)c4ccc(F)cc4)C3)nc12. The van der Waals surface area contributed by atoms with E-state index in [2.05, 4.69) is 10.3 Å². The number of rotatable bonds is 4. The van der Waals surface area contributed by atoms with E-state index in [9.17, 15) is 17.6 Å². The molecule has 4 rings (SSSR count). The molecule has 0 radical (unpaired) electrons. The molecular weight excluding hydrogens is 425 g/mol. The highest BCUT2D eigenvalue weighted by atomic mass is 32.2. The number of fused-ring (bicyclic) bond motifs is 1. The number of nitrogens with zero attached hydrogens (tertiary/aromatic N) is 2. The van der Waals surface area contributed by atoms with E-state index in [0.717, 1.165) is 33.5 Å². The molecule has 2 aromatic carbocycles. The summed E-state index contributed by atoms with van der Waals surface area (Å²) in [4.78, 5) is 17.4. The molecule has 0 spiro atoms. The van der Waals surface area contributed by atoms with E-state index < -0.39 is 21.8 Å². The van der Waals surface area contributed by atoms with Gasteiger partial charge in [0.2, 0.25) is 15.9 Å². The van der Waals surface area contributed by atoms with Gasteiger partial charge in [-0.1, -0.05) is 23.5 Å². The number of piperidine rings is 1. The van der Waals surface area contributed by atoms with Crippen molar-refractivity contribution < 1.29 is 17.6 Å². The number of anilines is 1. The molecule has 1 N–H and O–H groups in total. The lowest BCUT2D eigenvalue weighted by Gasteiger charge is -2.31. The Morgan fingerprint density at radius 1 is 1.17 bits per heavy atom. The molecule has 2 heterocycles. The topological polar surface area (TPSA) is 79.4 Å². The Kier molecular flexibility index (Phi) is 5.61. The molecule has 1 amide bonds. The fourth-order valence-corrected chi connectivity index (χ4v) is 6.19. The highest BCUT2D eigenvalue weighted by molar-refractivity contribution is 7.89. The Hall–Kier alpha value is -2.36. The predicted molar refractivity (Wildman–Crippen MR) is 116 cm³/mol. The molecule has 6 nitrogen and oxygen atoms in total. The molecule has 0 saturated carbocycles. The molecule has 9 heteroatoms. The van der Waals surface area contributed by atoms with Gasteiger partial charge in [0.25, 0.3) is 0 Å². The maximum absolute atomic E-state index is 13.2.